The van der Waals surface area contributed by atoms with E-state index in [1.807, 2.05) is 4.90 Å². The van der Waals surface area contributed by atoms with Gasteiger partial charge in [-0.2, -0.15) is 0 Å². The number of hydrogen-bond donors (Lipinski definition) is 1. The molecule has 1 N–H and O–H groups in total. The molecule has 1 aliphatic carbocycles. The van der Waals surface area contributed by atoms with Crippen LogP contribution in [0.3, 0.4) is 0 Å². The third-order valence-corrected chi connectivity index (χ3v) is 3.58. The van der Waals surface area contributed by atoms with Crippen molar-refractivity contribution in [1.82, 2.24) is 0 Å². The van der Waals surface area contributed by atoms with Crippen LogP contribution in [0, 0.1) is 0 Å². The number of rotatable bonds is 3. The van der Waals surface area contributed by atoms with E-state index in [4.69, 9.17) is 5.11 Å². The smallest absolute Gasteiger partial charge is 0.335 e. The van der Waals surface area contributed by atoms with E-state index in [9.17, 15) is 9.18 Å². The van der Waals surface area contributed by atoms with Gasteiger partial charge in [0.1, 0.15) is 5.67 Å². The van der Waals surface area contributed by atoms with Gasteiger partial charge in [0, 0.05) is 12.2 Å². The maximum atomic E-state index is 13.7. The predicted octanol–water partition coefficient (Wildman–Crippen LogP) is 2.25. The summed E-state index contributed by atoms with van der Waals surface area (Å²) in [4.78, 5) is 12.9. The number of hydrogen-bond acceptors (Lipinski definition) is 2. The van der Waals surface area contributed by atoms with Gasteiger partial charge < -0.3 is 10.0 Å². The van der Waals surface area contributed by atoms with Crippen LogP contribution in [0.2, 0.25) is 0 Å². The van der Waals surface area contributed by atoms with Crippen LogP contribution < -0.4 is 4.90 Å². The highest BCUT2D eigenvalue weighted by Crippen LogP contribution is 2.42. The van der Waals surface area contributed by atoms with Crippen LogP contribution in [-0.2, 0) is 6.42 Å². The second kappa shape index (κ2) is 3.45. The Morgan fingerprint density at radius 2 is 2.24 bits per heavy atom. The molecule has 1 heterocycles. The molecular weight excluding hydrogens is 221 g/mol. The lowest BCUT2D eigenvalue weighted by atomic mass is 10.1. The molecule has 3 nitrogen and oxygen atoms in total. The SMILES string of the molecule is O=C(O)c1ccc2c(c1)CCN2CC1(F)CC1. The van der Waals surface area contributed by atoms with Gasteiger partial charge in [-0.25, -0.2) is 9.18 Å². The first-order valence-corrected chi connectivity index (χ1v) is 5.88. The van der Waals surface area contributed by atoms with Crippen LogP contribution in [-0.4, -0.2) is 29.8 Å². The van der Waals surface area contributed by atoms with Crippen molar-refractivity contribution in [3.8, 4) is 0 Å². The molecule has 1 aliphatic heterocycles. The third kappa shape index (κ3) is 1.88. The predicted molar refractivity (Wildman–Crippen MR) is 62.4 cm³/mol. The van der Waals surface area contributed by atoms with E-state index in [0.29, 0.717) is 24.9 Å². The number of carboxylic acid groups (broad SMARTS) is 1. The van der Waals surface area contributed by atoms with Gasteiger partial charge in [-0.1, -0.05) is 0 Å². The molecule has 0 bridgehead atoms. The van der Waals surface area contributed by atoms with Crippen molar-refractivity contribution in [2.75, 3.05) is 18.0 Å². The lowest BCUT2D eigenvalue weighted by Crippen LogP contribution is -2.29. The van der Waals surface area contributed by atoms with E-state index in [1.54, 1.807) is 18.2 Å². The van der Waals surface area contributed by atoms with Crippen molar-refractivity contribution in [2.45, 2.75) is 24.9 Å². The number of carboxylic acids is 1. The average molecular weight is 235 g/mol. The average Bonchev–Trinajstić information content (AvgIpc) is 2.88. The molecule has 0 amide bonds. The summed E-state index contributed by atoms with van der Waals surface area (Å²) in [7, 11) is 0. The number of carbonyl (C=O) groups is 1. The van der Waals surface area contributed by atoms with Gasteiger partial charge in [-0.15, -0.1) is 0 Å². The largest absolute Gasteiger partial charge is 0.478 e. The molecule has 0 atom stereocenters. The first kappa shape index (κ1) is 10.6. The first-order chi connectivity index (χ1) is 8.07. The highest BCUT2D eigenvalue weighted by molar-refractivity contribution is 5.88. The number of aromatic carboxylic acids is 1. The van der Waals surface area contributed by atoms with Crippen LogP contribution in [0.4, 0.5) is 10.1 Å². The molecule has 1 fully saturated rings. The maximum Gasteiger partial charge on any atom is 0.335 e. The Balaban J connectivity index is 1.85. The number of halogens is 1. The summed E-state index contributed by atoms with van der Waals surface area (Å²) in [6, 6.07) is 5.10. The number of nitrogens with zero attached hydrogens (tertiary/aromatic N) is 1. The van der Waals surface area contributed by atoms with Gasteiger partial charge in [-0.3, -0.25) is 0 Å². The molecule has 4 heteroatoms. The summed E-state index contributed by atoms with van der Waals surface area (Å²) in [5.74, 6) is -0.907. The van der Waals surface area contributed by atoms with Crippen molar-refractivity contribution in [3.63, 3.8) is 0 Å². The van der Waals surface area contributed by atoms with Crippen LogP contribution in [0.25, 0.3) is 0 Å². The van der Waals surface area contributed by atoms with Gasteiger partial charge >= 0.3 is 5.97 Å². The number of alkyl halides is 1. The third-order valence-electron chi connectivity index (χ3n) is 3.58. The summed E-state index contributed by atoms with van der Waals surface area (Å²) in [6.07, 6.45) is 2.13. The quantitative estimate of drug-likeness (QED) is 0.873. The molecule has 3 rings (SSSR count). The molecule has 0 unspecified atom stereocenters. The van der Waals surface area contributed by atoms with Crippen molar-refractivity contribution in [2.24, 2.45) is 0 Å². The van der Waals surface area contributed by atoms with E-state index in [1.165, 1.54) is 0 Å². The molecule has 1 aromatic carbocycles. The summed E-state index contributed by atoms with van der Waals surface area (Å²) in [5, 5.41) is 8.90. The molecule has 90 valence electrons. The normalized spacial score (nSPS) is 20.2. The molecule has 1 saturated carbocycles. The van der Waals surface area contributed by atoms with Gasteiger partial charge in [-0.05, 0) is 43.0 Å². The van der Waals surface area contributed by atoms with Crippen molar-refractivity contribution in [3.05, 3.63) is 29.3 Å². The van der Waals surface area contributed by atoms with E-state index >= 15 is 0 Å². The summed E-state index contributed by atoms with van der Waals surface area (Å²) in [6.45, 7) is 1.25. The van der Waals surface area contributed by atoms with Gasteiger partial charge in [0.05, 0.1) is 12.1 Å². The molecule has 2 aliphatic rings. The molecule has 17 heavy (non-hydrogen) atoms. The lowest BCUT2D eigenvalue weighted by molar-refractivity contribution is 0.0697. The van der Waals surface area contributed by atoms with Crippen LogP contribution in [0.1, 0.15) is 28.8 Å². The highest BCUT2D eigenvalue weighted by atomic mass is 19.1. The number of benzene rings is 1. The molecular formula is C13H14FNO2. The van der Waals surface area contributed by atoms with E-state index < -0.39 is 11.6 Å². The highest BCUT2D eigenvalue weighted by Gasteiger charge is 2.45. The number of anilines is 1. The van der Waals surface area contributed by atoms with Crippen LogP contribution in [0.5, 0.6) is 0 Å². The topological polar surface area (TPSA) is 40.5 Å². The van der Waals surface area contributed by atoms with Crippen LogP contribution in [0.15, 0.2) is 18.2 Å². The second-order valence-electron chi connectivity index (χ2n) is 4.97. The Kier molecular flexibility index (Phi) is 2.15. The molecule has 0 spiro atoms. The van der Waals surface area contributed by atoms with E-state index in [-0.39, 0.29) is 0 Å². The maximum absolute atomic E-state index is 13.7. The van der Waals surface area contributed by atoms with E-state index in [0.717, 1.165) is 24.2 Å². The van der Waals surface area contributed by atoms with Crippen molar-refractivity contribution in [1.29, 1.82) is 0 Å². The fourth-order valence-corrected chi connectivity index (χ4v) is 2.40. The minimum Gasteiger partial charge on any atom is -0.478 e. The Morgan fingerprint density at radius 3 is 2.88 bits per heavy atom. The Hall–Kier alpha value is -1.58. The molecule has 1 aromatic rings. The van der Waals surface area contributed by atoms with Crippen LogP contribution >= 0.6 is 0 Å². The number of fused-ring (bicyclic) bond motifs is 1. The molecule has 0 saturated heterocycles. The van der Waals surface area contributed by atoms with Crippen molar-refractivity contribution < 1.29 is 14.3 Å². The minimum atomic E-state index is -0.993. The van der Waals surface area contributed by atoms with E-state index in [2.05, 4.69) is 0 Å². The molecule has 0 aromatic heterocycles. The van der Waals surface area contributed by atoms with Gasteiger partial charge in [0.2, 0.25) is 0 Å². The zero-order valence-electron chi connectivity index (χ0n) is 9.45. The second-order valence-corrected chi connectivity index (χ2v) is 4.97. The van der Waals surface area contributed by atoms with Gasteiger partial charge in [0.25, 0.3) is 0 Å². The standard InChI is InChI=1S/C13H14FNO2/c14-13(4-5-13)8-15-6-3-9-7-10(12(16)17)1-2-11(9)15/h1-2,7H,3-6,8H2,(H,16,17). The Labute approximate surface area is 98.9 Å². The summed E-state index contributed by atoms with van der Waals surface area (Å²) in [5.41, 5.74) is 1.34. The van der Waals surface area contributed by atoms with Gasteiger partial charge in [0.15, 0.2) is 0 Å². The monoisotopic (exact) mass is 235 g/mol. The summed E-state index contributed by atoms with van der Waals surface area (Å²) >= 11 is 0. The fourth-order valence-electron chi connectivity index (χ4n) is 2.40. The van der Waals surface area contributed by atoms with Crippen molar-refractivity contribution >= 4 is 11.7 Å². The fraction of sp³-hybridized carbons (Fsp3) is 0.462. The minimum absolute atomic E-state index is 0.312. The Bertz CT molecular complexity index is 482. The lowest BCUT2D eigenvalue weighted by Gasteiger charge is -2.21. The zero-order chi connectivity index (χ0) is 12.0. The zero-order valence-corrected chi connectivity index (χ0v) is 9.45. The Morgan fingerprint density at radius 1 is 1.47 bits per heavy atom. The summed E-state index contributed by atoms with van der Waals surface area (Å²) < 4.78 is 13.7. The molecule has 0 radical (unpaired) electrons. The first-order valence-electron chi connectivity index (χ1n) is 5.88.